The highest BCUT2D eigenvalue weighted by molar-refractivity contribution is 7.73. The highest BCUT2D eigenvalue weighted by Crippen LogP contribution is 2.28. The van der Waals surface area contributed by atoms with Crippen LogP contribution in [0, 0.1) is 3.95 Å². The Kier molecular flexibility index (Phi) is 7.02. The molecule has 0 spiro atoms. The van der Waals surface area contributed by atoms with Crippen molar-refractivity contribution in [2.45, 2.75) is 20.1 Å². The van der Waals surface area contributed by atoms with E-state index in [2.05, 4.69) is 29.6 Å². The van der Waals surface area contributed by atoms with Gasteiger partial charge in [0.2, 0.25) is 5.13 Å². The number of aromatic nitrogens is 2. The molecule has 0 aliphatic rings. The van der Waals surface area contributed by atoms with Crippen LogP contribution in [-0.2, 0) is 13.2 Å². The van der Waals surface area contributed by atoms with E-state index in [1.807, 2.05) is 48.0 Å². The molecule has 8 heteroatoms. The van der Waals surface area contributed by atoms with Gasteiger partial charge in [-0.15, -0.1) is 5.10 Å². The van der Waals surface area contributed by atoms with E-state index in [1.165, 1.54) is 21.8 Å². The van der Waals surface area contributed by atoms with Crippen molar-refractivity contribution in [1.82, 2.24) is 9.78 Å². The summed E-state index contributed by atoms with van der Waals surface area (Å²) in [5, 5.41) is 8.67. The number of ether oxygens (including phenoxy) is 2. The lowest BCUT2D eigenvalue weighted by Crippen LogP contribution is -3.07. The SMILES string of the molecule is CCOc1ccc(C[NH+](C)Cn2nc(Nc3ccccc3OC)sc2=S)cc1. The van der Waals surface area contributed by atoms with Crippen molar-refractivity contribution < 1.29 is 14.4 Å². The van der Waals surface area contributed by atoms with Crippen molar-refractivity contribution in [3.63, 3.8) is 0 Å². The Labute approximate surface area is 174 Å². The molecule has 3 aromatic rings. The monoisotopic (exact) mass is 417 g/mol. The zero-order chi connectivity index (χ0) is 19.9. The number of nitrogens with zero attached hydrogens (tertiary/aromatic N) is 2. The Morgan fingerprint density at radius 3 is 2.64 bits per heavy atom. The molecule has 0 aliphatic carbocycles. The predicted octanol–water partition coefficient (Wildman–Crippen LogP) is 3.50. The third-order valence-corrected chi connectivity index (χ3v) is 5.34. The van der Waals surface area contributed by atoms with Crippen LogP contribution in [0.3, 0.4) is 0 Å². The van der Waals surface area contributed by atoms with Gasteiger partial charge in [-0.25, -0.2) is 0 Å². The van der Waals surface area contributed by atoms with Crippen LogP contribution in [0.2, 0.25) is 0 Å². The van der Waals surface area contributed by atoms with Gasteiger partial charge >= 0.3 is 0 Å². The third-order valence-electron chi connectivity index (χ3n) is 4.11. The van der Waals surface area contributed by atoms with Gasteiger partial charge in [0.1, 0.15) is 18.0 Å². The Morgan fingerprint density at radius 1 is 1.18 bits per heavy atom. The van der Waals surface area contributed by atoms with E-state index in [0.717, 1.165) is 32.8 Å². The first-order chi connectivity index (χ1) is 13.6. The van der Waals surface area contributed by atoms with E-state index in [4.69, 9.17) is 21.7 Å². The summed E-state index contributed by atoms with van der Waals surface area (Å²) in [6, 6.07) is 16.0. The summed E-state index contributed by atoms with van der Waals surface area (Å²) in [4.78, 5) is 1.29. The number of hydrogen-bond acceptors (Lipinski definition) is 6. The van der Waals surface area contributed by atoms with Gasteiger partial charge < -0.3 is 19.7 Å². The molecule has 2 aromatic carbocycles. The molecule has 28 heavy (non-hydrogen) atoms. The lowest BCUT2D eigenvalue weighted by molar-refractivity contribution is -0.917. The number of methoxy groups -OCH3 is 1. The van der Waals surface area contributed by atoms with E-state index < -0.39 is 0 Å². The first-order valence-corrected chi connectivity index (χ1v) is 10.3. The highest BCUT2D eigenvalue weighted by Gasteiger charge is 2.11. The van der Waals surface area contributed by atoms with Crippen LogP contribution in [-0.4, -0.2) is 30.5 Å². The summed E-state index contributed by atoms with van der Waals surface area (Å²) in [5.41, 5.74) is 2.12. The zero-order valence-electron chi connectivity index (χ0n) is 16.3. The highest BCUT2D eigenvalue weighted by atomic mass is 32.1. The molecule has 1 atom stereocenters. The Hall–Kier alpha value is -2.42. The van der Waals surface area contributed by atoms with E-state index in [0.29, 0.717) is 13.3 Å². The number of rotatable bonds is 9. The molecule has 0 saturated heterocycles. The van der Waals surface area contributed by atoms with Gasteiger partial charge in [0.25, 0.3) is 0 Å². The minimum Gasteiger partial charge on any atom is -0.495 e. The zero-order valence-corrected chi connectivity index (χ0v) is 17.9. The fraction of sp³-hybridized carbons (Fsp3) is 0.300. The lowest BCUT2D eigenvalue weighted by atomic mass is 10.2. The van der Waals surface area contributed by atoms with Crippen LogP contribution in [0.15, 0.2) is 48.5 Å². The van der Waals surface area contributed by atoms with E-state index >= 15 is 0 Å². The van der Waals surface area contributed by atoms with Gasteiger partial charge in [-0.05, 0) is 55.5 Å². The van der Waals surface area contributed by atoms with Crippen LogP contribution in [0.1, 0.15) is 12.5 Å². The molecule has 0 bridgehead atoms. The molecule has 0 amide bonds. The summed E-state index contributed by atoms with van der Waals surface area (Å²) in [5.74, 6) is 1.67. The standard InChI is InChI=1S/C20H24N4O2S2/c1-4-26-16-11-9-15(10-12-16)13-23(2)14-24-20(27)28-19(22-24)21-17-7-5-6-8-18(17)25-3/h5-12H,4,13-14H2,1-3H3,(H,21,22)/p+1. The predicted molar refractivity (Wildman–Crippen MR) is 115 cm³/mol. The number of anilines is 2. The van der Waals surface area contributed by atoms with Crippen molar-refractivity contribution >= 4 is 34.4 Å². The molecule has 0 radical (unpaired) electrons. The van der Waals surface area contributed by atoms with E-state index in [9.17, 15) is 0 Å². The van der Waals surface area contributed by atoms with Gasteiger partial charge in [-0.2, -0.15) is 4.68 Å². The second-order valence-corrected chi connectivity index (χ2v) is 7.99. The Bertz CT molecular complexity index is 953. The van der Waals surface area contributed by atoms with Crippen LogP contribution < -0.4 is 19.7 Å². The molecule has 1 heterocycles. The summed E-state index contributed by atoms with van der Waals surface area (Å²) in [7, 11) is 3.78. The molecular formula is C20H25N4O2S2+. The van der Waals surface area contributed by atoms with Crippen molar-refractivity contribution in [1.29, 1.82) is 0 Å². The number of hydrogen-bond donors (Lipinski definition) is 2. The van der Waals surface area contributed by atoms with Gasteiger partial charge in [-0.1, -0.05) is 23.5 Å². The fourth-order valence-corrected chi connectivity index (χ4v) is 3.87. The van der Waals surface area contributed by atoms with Crippen LogP contribution >= 0.6 is 23.6 Å². The van der Waals surface area contributed by atoms with Crippen molar-refractivity contribution in [3.8, 4) is 11.5 Å². The smallest absolute Gasteiger partial charge is 0.209 e. The van der Waals surface area contributed by atoms with Gasteiger partial charge in [0, 0.05) is 5.56 Å². The molecule has 0 saturated carbocycles. The first-order valence-electron chi connectivity index (χ1n) is 9.10. The maximum atomic E-state index is 5.50. The first kappa shape index (κ1) is 20.3. The van der Waals surface area contributed by atoms with Crippen molar-refractivity contribution in [2.24, 2.45) is 0 Å². The van der Waals surface area contributed by atoms with Gasteiger partial charge in [0.05, 0.1) is 26.5 Å². The average molecular weight is 418 g/mol. The minimum absolute atomic E-state index is 0.678. The summed E-state index contributed by atoms with van der Waals surface area (Å²) >= 11 is 6.95. The van der Waals surface area contributed by atoms with Crippen molar-refractivity contribution in [3.05, 3.63) is 58.0 Å². The Morgan fingerprint density at radius 2 is 1.93 bits per heavy atom. The largest absolute Gasteiger partial charge is 0.495 e. The van der Waals surface area contributed by atoms with Crippen LogP contribution in [0.5, 0.6) is 11.5 Å². The molecule has 1 unspecified atom stereocenters. The maximum Gasteiger partial charge on any atom is 0.209 e. The molecule has 3 rings (SSSR count). The summed E-state index contributed by atoms with van der Waals surface area (Å²) < 4.78 is 13.5. The summed E-state index contributed by atoms with van der Waals surface area (Å²) in [6.45, 7) is 4.23. The number of nitrogens with one attached hydrogen (secondary N) is 2. The maximum absolute atomic E-state index is 5.50. The summed E-state index contributed by atoms with van der Waals surface area (Å²) in [6.07, 6.45) is 0. The molecular weight excluding hydrogens is 392 g/mol. The van der Waals surface area contributed by atoms with Gasteiger partial charge in [0.15, 0.2) is 10.6 Å². The normalized spacial score (nSPS) is 11.8. The molecule has 1 aromatic heterocycles. The number of quaternary nitrogens is 1. The van der Waals surface area contributed by atoms with E-state index in [1.54, 1.807) is 7.11 Å². The van der Waals surface area contributed by atoms with Crippen molar-refractivity contribution in [2.75, 3.05) is 26.1 Å². The number of para-hydroxylation sites is 2. The number of benzene rings is 2. The molecule has 148 valence electrons. The second kappa shape index (κ2) is 9.68. The third kappa shape index (κ3) is 5.31. The topological polar surface area (TPSA) is 52.8 Å². The average Bonchev–Trinajstić information content (AvgIpc) is 3.02. The molecule has 0 fully saturated rings. The quantitative estimate of drug-likeness (QED) is 0.522. The fourth-order valence-electron chi connectivity index (χ4n) is 2.85. The molecule has 0 aliphatic heterocycles. The van der Waals surface area contributed by atoms with Crippen LogP contribution in [0.4, 0.5) is 10.8 Å². The molecule has 6 nitrogen and oxygen atoms in total. The van der Waals surface area contributed by atoms with Gasteiger partial charge in [-0.3, -0.25) is 0 Å². The second-order valence-electron chi connectivity index (χ2n) is 6.37. The Balaban J connectivity index is 1.63. The van der Waals surface area contributed by atoms with Crippen LogP contribution in [0.25, 0.3) is 0 Å². The van der Waals surface area contributed by atoms with E-state index in [-0.39, 0.29) is 0 Å². The molecule has 2 N–H and O–H groups in total. The lowest BCUT2D eigenvalue weighted by Gasteiger charge is -2.14. The minimum atomic E-state index is 0.678.